The van der Waals surface area contributed by atoms with Crippen LogP contribution in [0.25, 0.3) is 0 Å². The van der Waals surface area contributed by atoms with Gasteiger partial charge in [0.25, 0.3) is 0 Å². The monoisotopic (exact) mass is 333 g/mol. The third-order valence-electron chi connectivity index (χ3n) is 4.29. The number of hydrogen-bond acceptors (Lipinski definition) is 5. The van der Waals surface area contributed by atoms with E-state index in [0.29, 0.717) is 0 Å². The molecule has 0 bridgehead atoms. The van der Waals surface area contributed by atoms with Crippen LogP contribution in [-0.2, 0) is 9.84 Å². The van der Waals surface area contributed by atoms with Gasteiger partial charge in [0.1, 0.15) is 11.5 Å². The number of likely N-dealkylation sites (N-methyl/N-ethyl adjacent to an activating group) is 1. The van der Waals surface area contributed by atoms with Gasteiger partial charge in [-0.25, -0.2) is 8.42 Å². The predicted molar refractivity (Wildman–Crippen MR) is 86.5 cm³/mol. The summed E-state index contributed by atoms with van der Waals surface area (Å²) in [7, 11) is -1.68. The highest BCUT2D eigenvalue weighted by Gasteiger charge is 2.25. The topological polar surface area (TPSA) is 77.8 Å². The van der Waals surface area contributed by atoms with Gasteiger partial charge in [-0.05, 0) is 62.0 Å². The van der Waals surface area contributed by atoms with Gasteiger partial charge >= 0.3 is 0 Å². The smallest absolute Gasteiger partial charge is 0.206 e. The molecule has 1 aliphatic heterocycles. The molecule has 1 atom stereocenters. The molecule has 0 spiro atoms. The second-order valence-electron chi connectivity index (χ2n) is 5.97. The molecule has 2 N–H and O–H groups in total. The van der Waals surface area contributed by atoms with Crippen LogP contribution in [0, 0.1) is 0 Å². The molecule has 0 unspecified atom stereocenters. The van der Waals surface area contributed by atoms with Gasteiger partial charge in [-0.3, -0.25) is 0 Å². The molecule has 2 aromatic carbocycles. The van der Waals surface area contributed by atoms with E-state index < -0.39 is 9.84 Å². The van der Waals surface area contributed by atoms with Gasteiger partial charge in [0, 0.05) is 12.5 Å². The molecule has 0 amide bonds. The van der Waals surface area contributed by atoms with Gasteiger partial charge in [0.15, 0.2) is 0 Å². The molecule has 1 saturated heterocycles. The van der Waals surface area contributed by atoms with E-state index in [4.69, 9.17) is 0 Å². The molecular formula is C17H19NO4S. The normalized spacial score (nSPS) is 19.1. The van der Waals surface area contributed by atoms with Crippen molar-refractivity contribution in [3.8, 4) is 11.5 Å². The van der Waals surface area contributed by atoms with Crippen LogP contribution in [0.15, 0.2) is 52.3 Å². The molecule has 0 saturated carbocycles. The molecular weight excluding hydrogens is 314 g/mol. The van der Waals surface area contributed by atoms with Crippen LogP contribution in [0.3, 0.4) is 0 Å². The summed E-state index contributed by atoms with van der Waals surface area (Å²) in [5.41, 5.74) is 0.791. The molecule has 23 heavy (non-hydrogen) atoms. The highest BCUT2D eigenvalue weighted by Crippen LogP contribution is 2.35. The van der Waals surface area contributed by atoms with Gasteiger partial charge in [-0.2, -0.15) is 0 Å². The van der Waals surface area contributed by atoms with Crippen molar-refractivity contribution in [1.29, 1.82) is 0 Å². The first-order chi connectivity index (χ1) is 10.9. The van der Waals surface area contributed by atoms with Crippen molar-refractivity contribution in [3.05, 3.63) is 48.0 Å². The van der Waals surface area contributed by atoms with Gasteiger partial charge in [-0.15, -0.1) is 0 Å². The minimum absolute atomic E-state index is 0.00694. The zero-order valence-electron chi connectivity index (χ0n) is 12.8. The first kappa shape index (κ1) is 15.8. The predicted octanol–water partition coefficient (Wildman–Crippen LogP) is 2.35. The maximum atomic E-state index is 12.6. The number of likely N-dealkylation sites (tertiary alicyclic amines) is 1. The fraction of sp³-hybridized carbons (Fsp3) is 0.294. The molecule has 0 radical (unpaired) electrons. The summed E-state index contributed by atoms with van der Waals surface area (Å²) < 4.78 is 25.2. The molecule has 6 heteroatoms. The minimum Gasteiger partial charge on any atom is -0.508 e. The standard InChI is InChI=1S/C17H19NO4S/c1-18-9-8-12(11-18)16-7-6-15(10-17(16)20)23(21,22)14-4-2-13(19)3-5-14/h2-7,10,12,19-20H,8-9,11H2,1H3/t12-/m1/s1. The molecule has 0 aliphatic carbocycles. The molecule has 0 aromatic heterocycles. The summed E-state index contributed by atoms with van der Waals surface area (Å²) in [5.74, 6) is 0.253. The molecule has 2 aromatic rings. The molecule has 122 valence electrons. The van der Waals surface area contributed by atoms with E-state index >= 15 is 0 Å². The number of phenolic OH excluding ortho intramolecular Hbond substituents is 2. The number of rotatable bonds is 3. The molecule has 3 rings (SSSR count). The molecule has 1 fully saturated rings. The highest BCUT2D eigenvalue weighted by molar-refractivity contribution is 7.91. The summed E-state index contributed by atoms with van der Waals surface area (Å²) in [6, 6.07) is 9.91. The van der Waals surface area contributed by atoms with Crippen molar-refractivity contribution in [2.75, 3.05) is 20.1 Å². The highest BCUT2D eigenvalue weighted by atomic mass is 32.2. The largest absolute Gasteiger partial charge is 0.508 e. The van der Waals surface area contributed by atoms with Gasteiger partial charge in [0.2, 0.25) is 9.84 Å². The lowest BCUT2D eigenvalue weighted by molar-refractivity contribution is 0.407. The van der Waals surface area contributed by atoms with Gasteiger partial charge in [-0.1, -0.05) is 6.07 Å². The van der Waals surface area contributed by atoms with E-state index in [1.807, 2.05) is 7.05 Å². The second kappa shape index (κ2) is 5.86. The number of sulfone groups is 1. The first-order valence-corrected chi connectivity index (χ1v) is 8.92. The van der Waals surface area contributed by atoms with Gasteiger partial charge < -0.3 is 15.1 Å². The van der Waals surface area contributed by atoms with E-state index in [9.17, 15) is 18.6 Å². The third-order valence-corrected chi connectivity index (χ3v) is 6.06. The average molecular weight is 333 g/mol. The van der Waals surface area contributed by atoms with Crippen LogP contribution in [0.5, 0.6) is 11.5 Å². The van der Waals surface area contributed by atoms with Crippen molar-refractivity contribution in [2.45, 2.75) is 22.1 Å². The van der Waals surface area contributed by atoms with Gasteiger partial charge in [0.05, 0.1) is 9.79 Å². The van der Waals surface area contributed by atoms with Crippen molar-refractivity contribution in [2.24, 2.45) is 0 Å². The Hall–Kier alpha value is -2.05. The Morgan fingerprint density at radius 1 is 1.04 bits per heavy atom. The quantitative estimate of drug-likeness (QED) is 0.901. The molecule has 1 heterocycles. The van der Waals surface area contributed by atoms with E-state index in [0.717, 1.165) is 25.1 Å². The zero-order chi connectivity index (χ0) is 16.6. The maximum absolute atomic E-state index is 12.6. The van der Waals surface area contributed by atoms with E-state index in [-0.39, 0.29) is 27.2 Å². The third kappa shape index (κ3) is 3.04. The van der Waals surface area contributed by atoms with Crippen LogP contribution in [0.1, 0.15) is 17.9 Å². The van der Waals surface area contributed by atoms with E-state index in [1.165, 1.54) is 36.4 Å². The summed E-state index contributed by atoms with van der Waals surface area (Å²) in [6.07, 6.45) is 0.952. The number of phenols is 2. The lowest BCUT2D eigenvalue weighted by Gasteiger charge is -2.14. The van der Waals surface area contributed by atoms with Crippen LogP contribution >= 0.6 is 0 Å². The van der Waals surface area contributed by atoms with Crippen molar-refractivity contribution < 1.29 is 18.6 Å². The van der Waals surface area contributed by atoms with E-state index in [2.05, 4.69) is 4.90 Å². The number of aromatic hydroxyl groups is 2. The number of nitrogens with zero attached hydrogens (tertiary/aromatic N) is 1. The Kier molecular flexibility index (Phi) is 4.04. The van der Waals surface area contributed by atoms with Crippen molar-refractivity contribution in [1.82, 2.24) is 4.90 Å². The zero-order valence-corrected chi connectivity index (χ0v) is 13.6. The summed E-state index contributed by atoms with van der Waals surface area (Å²) >= 11 is 0. The van der Waals surface area contributed by atoms with E-state index in [1.54, 1.807) is 6.07 Å². The van der Waals surface area contributed by atoms with Crippen LogP contribution in [0.2, 0.25) is 0 Å². The lowest BCUT2D eigenvalue weighted by Crippen LogP contribution is -2.13. The Labute approximate surface area is 135 Å². The Morgan fingerprint density at radius 2 is 1.70 bits per heavy atom. The fourth-order valence-electron chi connectivity index (χ4n) is 2.99. The van der Waals surface area contributed by atoms with Crippen LogP contribution in [0.4, 0.5) is 0 Å². The number of benzene rings is 2. The summed E-state index contributed by atoms with van der Waals surface area (Å²) in [4.78, 5) is 2.32. The molecule has 5 nitrogen and oxygen atoms in total. The second-order valence-corrected chi connectivity index (χ2v) is 7.92. The fourth-order valence-corrected chi connectivity index (χ4v) is 4.27. The SMILES string of the molecule is CN1CC[C@@H](c2ccc(S(=O)(=O)c3ccc(O)cc3)cc2O)C1. The van der Waals surface area contributed by atoms with Crippen LogP contribution < -0.4 is 0 Å². The summed E-state index contributed by atoms with van der Waals surface area (Å²) in [5, 5.41) is 19.5. The maximum Gasteiger partial charge on any atom is 0.206 e. The number of hydrogen-bond donors (Lipinski definition) is 2. The summed E-state index contributed by atoms with van der Waals surface area (Å²) in [6.45, 7) is 1.83. The Morgan fingerprint density at radius 3 is 2.26 bits per heavy atom. The lowest BCUT2D eigenvalue weighted by atomic mass is 9.97. The molecule has 1 aliphatic rings. The minimum atomic E-state index is -3.71. The first-order valence-electron chi connectivity index (χ1n) is 7.43. The Bertz CT molecular complexity index is 815. The van der Waals surface area contributed by atoms with Crippen LogP contribution in [-0.4, -0.2) is 43.7 Å². The van der Waals surface area contributed by atoms with Crippen molar-refractivity contribution >= 4 is 9.84 Å². The Balaban J connectivity index is 1.94. The van der Waals surface area contributed by atoms with Crippen molar-refractivity contribution in [3.63, 3.8) is 0 Å². The average Bonchev–Trinajstić information content (AvgIpc) is 2.94.